The smallest absolute Gasteiger partial charge is 0.244 e. The number of anilines is 1. The topological polar surface area (TPSA) is 84.3 Å². The lowest BCUT2D eigenvalue weighted by Gasteiger charge is -2.29. The average Bonchev–Trinajstić information content (AvgIpc) is 3.66. The number of aromatic nitrogens is 2. The molecule has 1 heterocycles. The highest BCUT2D eigenvalue weighted by Crippen LogP contribution is 2.49. The Morgan fingerprint density at radius 3 is 2.61 bits per heavy atom. The van der Waals surface area contributed by atoms with Crippen LogP contribution in [0.3, 0.4) is 0 Å². The molecule has 1 fully saturated rings. The van der Waals surface area contributed by atoms with Gasteiger partial charge in [0.1, 0.15) is 22.4 Å². The van der Waals surface area contributed by atoms with E-state index in [1.165, 1.54) is 30.3 Å². The first-order chi connectivity index (χ1) is 19.7. The van der Waals surface area contributed by atoms with Crippen molar-refractivity contribution in [1.82, 2.24) is 14.3 Å². The first-order valence-corrected chi connectivity index (χ1v) is 15.1. The number of amides is 1. The number of carbonyl (C=O) groups excluding carboxylic acids is 1. The lowest BCUT2D eigenvalue weighted by atomic mass is 9.87. The van der Waals surface area contributed by atoms with Crippen molar-refractivity contribution in [3.05, 3.63) is 113 Å². The molecule has 1 saturated carbocycles. The largest absolute Gasteiger partial charge is 0.337 e. The number of nitrogens with zero attached hydrogens (tertiary/aromatic N) is 3. The predicted molar refractivity (Wildman–Crippen MR) is 150 cm³/mol. The molecule has 0 unspecified atom stereocenters. The number of imidazole rings is 1. The van der Waals surface area contributed by atoms with E-state index in [1.54, 1.807) is 23.2 Å². The number of aryl methyl sites for hydroxylation is 2. The molecule has 6 rings (SSSR count). The lowest BCUT2D eigenvalue weighted by molar-refractivity contribution is -0.120. The first kappa shape index (κ1) is 27.3. The molecular weight excluding hydrogens is 546 g/mol. The van der Waals surface area contributed by atoms with Gasteiger partial charge >= 0.3 is 0 Å². The van der Waals surface area contributed by atoms with Crippen LogP contribution in [0.1, 0.15) is 53.7 Å². The SMILES string of the molecule is Cn1ccnc1CN(C(=O)[C@@H]1C[C@@H]1c1ccc(F)cc1)c1ccc2c(c1)[C@@H](NS(=O)(=O)c1ccccc1F)CCC2. The molecule has 1 aromatic heterocycles. The molecule has 1 N–H and O–H groups in total. The Labute approximate surface area is 237 Å². The molecule has 0 bridgehead atoms. The molecular formula is C31H30F2N4O3S. The second-order valence-electron chi connectivity index (χ2n) is 10.8. The fraction of sp³-hybridized carbons (Fsp3) is 0.290. The molecule has 2 aliphatic rings. The van der Waals surface area contributed by atoms with Gasteiger partial charge in [-0.05, 0) is 84.7 Å². The van der Waals surface area contributed by atoms with Crippen molar-refractivity contribution in [1.29, 1.82) is 0 Å². The van der Waals surface area contributed by atoms with Gasteiger partial charge in [-0.15, -0.1) is 0 Å². The quantitative estimate of drug-likeness (QED) is 0.305. The van der Waals surface area contributed by atoms with Crippen molar-refractivity contribution in [3.63, 3.8) is 0 Å². The zero-order valence-corrected chi connectivity index (χ0v) is 23.3. The minimum Gasteiger partial charge on any atom is -0.337 e. The van der Waals surface area contributed by atoms with Crippen molar-refractivity contribution in [3.8, 4) is 0 Å². The van der Waals surface area contributed by atoms with Crippen LogP contribution >= 0.6 is 0 Å². The maximum absolute atomic E-state index is 14.4. The van der Waals surface area contributed by atoms with E-state index in [4.69, 9.17) is 0 Å². The molecule has 3 aromatic carbocycles. The van der Waals surface area contributed by atoms with E-state index in [-0.39, 0.29) is 30.1 Å². The van der Waals surface area contributed by atoms with Crippen LogP contribution in [0.2, 0.25) is 0 Å². The number of benzene rings is 3. The monoisotopic (exact) mass is 576 g/mol. The molecule has 1 amide bonds. The molecule has 41 heavy (non-hydrogen) atoms. The zero-order valence-electron chi connectivity index (χ0n) is 22.5. The van der Waals surface area contributed by atoms with Gasteiger partial charge in [0.05, 0.1) is 6.54 Å². The average molecular weight is 577 g/mol. The van der Waals surface area contributed by atoms with E-state index >= 15 is 0 Å². The Morgan fingerprint density at radius 1 is 1.10 bits per heavy atom. The number of fused-ring (bicyclic) bond motifs is 1. The summed E-state index contributed by atoms with van der Waals surface area (Å²) >= 11 is 0. The summed E-state index contributed by atoms with van der Waals surface area (Å²) in [7, 11) is -2.25. The van der Waals surface area contributed by atoms with E-state index in [9.17, 15) is 22.0 Å². The normalized spacial score (nSPS) is 19.9. The van der Waals surface area contributed by atoms with Gasteiger partial charge in [-0.2, -0.15) is 0 Å². The number of halogens is 2. The molecule has 7 nitrogen and oxygen atoms in total. The minimum atomic E-state index is -4.12. The van der Waals surface area contributed by atoms with Gasteiger partial charge in [-0.25, -0.2) is 26.9 Å². The van der Waals surface area contributed by atoms with Crippen molar-refractivity contribution >= 4 is 21.6 Å². The number of sulfonamides is 1. The summed E-state index contributed by atoms with van der Waals surface area (Å²) in [5.41, 5.74) is 3.33. The third-order valence-electron chi connectivity index (χ3n) is 8.07. The van der Waals surface area contributed by atoms with Crippen LogP contribution in [0.5, 0.6) is 0 Å². The highest BCUT2D eigenvalue weighted by molar-refractivity contribution is 7.89. The maximum Gasteiger partial charge on any atom is 0.244 e. The molecule has 0 spiro atoms. The molecule has 0 aliphatic heterocycles. The standard InChI is InChI=1S/C31H30F2N4O3S/c1-36-16-15-34-30(36)19-37(31(38)26-18-24(26)21-9-12-22(32)13-10-21)23-14-11-20-5-4-7-28(25(20)17-23)35-41(39,40)29-8-3-2-6-27(29)33/h2-3,6,8-17,24,26,28,35H,4-5,7,18-19H2,1H3/t24-,26-,28+/m1/s1. The molecule has 2 aliphatic carbocycles. The summed E-state index contributed by atoms with van der Waals surface area (Å²) < 4.78 is 58.7. The van der Waals surface area contributed by atoms with E-state index in [0.717, 1.165) is 35.6 Å². The number of carbonyl (C=O) groups is 1. The van der Waals surface area contributed by atoms with Crippen LogP contribution in [0.25, 0.3) is 0 Å². The van der Waals surface area contributed by atoms with Crippen molar-refractivity contribution < 1.29 is 22.0 Å². The van der Waals surface area contributed by atoms with E-state index < -0.39 is 26.8 Å². The van der Waals surface area contributed by atoms with Crippen molar-refractivity contribution in [2.24, 2.45) is 13.0 Å². The Hall–Kier alpha value is -3.89. The van der Waals surface area contributed by atoms with Gasteiger partial charge in [0.2, 0.25) is 15.9 Å². The fourth-order valence-electron chi connectivity index (χ4n) is 5.72. The molecule has 10 heteroatoms. The third-order valence-corrected chi connectivity index (χ3v) is 9.58. The number of hydrogen-bond acceptors (Lipinski definition) is 4. The summed E-state index contributed by atoms with van der Waals surface area (Å²) in [6, 6.07) is 16.7. The maximum atomic E-state index is 14.4. The number of nitrogens with one attached hydrogen (secondary N) is 1. The Kier molecular flexibility index (Phi) is 7.21. The first-order valence-electron chi connectivity index (χ1n) is 13.6. The van der Waals surface area contributed by atoms with Crippen molar-refractivity contribution in [2.75, 3.05) is 4.90 Å². The summed E-state index contributed by atoms with van der Waals surface area (Å²) in [5, 5.41) is 0. The highest BCUT2D eigenvalue weighted by Gasteiger charge is 2.46. The van der Waals surface area contributed by atoms with E-state index in [2.05, 4.69) is 9.71 Å². The van der Waals surface area contributed by atoms with Crippen LogP contribution in [0.4, 0.5) is 14.5 Å². The summed E-state index contributed by atoms with van der Waals surface area (Å²) in [6.45, 7) is 0.235. The van der Waals surface area contributed by atoms with E-state index in [0.29, 0.717) is 24.4 Å². The third kappa shape index (κ3) is 5.54. The van der Waals surface area contributed by atoms with Gasteiger partial charge < -0.3 is 9.47 Å². The molecule has 0 radical (unpaired) electrons. The van der Waals surface area contributed by atoms with Crippen LogP contribution in [0, 0.1) is 17.6 Å². The minimum absolute atomic E-state index is 0.00456. The van der Waals surface area contributed by atoms with E-state index in [1.807, 2.05) is 36.0 Å². The van der Waals surface area contributed by atoms with Crippen LogP contribution < -0.4 is 9.62 Å². The zero-order chi connectivity index (χ0) is 28.7. The Morgan fingerprint density at radius 2 is 1.88 bits per heavy atom. The molecule has 3 atom stereocenters. The molecule has 0 saturated heterocycles. The van der Waals surface area contributed by atoms with Crippen LogP contribution in [-0.4, -0.2) is 23.9 Å². The fourth-order valence-corrected chi connectivity index (χ4v) is 7.05. The van der Waals surface area contributed by atoms with Crippen LogP contribution in [0.15, 0.2) is 84.0 Å². The number of hydrogen-bond donors (Lipinski definition) is 1. The predicted octanol–water partition coefficient (Wildman–Crippen LogP) is 5.39. The molecule has 4 aromatic rings. The van der Waals surface area contributed by atoms with Crippen molar-refractivity contribution in [2.45, 2.75) is 49.1 Å². The highest BCUT2D eigenvalue weighted by atomic mass is 32.2. The van der Waals surface area contributed by atoms with Gasteiger partial charge in [0.15, 0.2) is 0 Å². The van der Waals surface area contributed by atoms with Gasteiger partial charge in [-0.1, -0.05) is 30.3 Å². The second kappa shape index (κ2) is 10.8. The Bertz CT molecular complexity index is 1700. The second-order valence-corrected chi connectivity index (χ2v) is 12.4. The summed E-state index contributed by atoms with van der Waals surface area (Å²) in [4.78, 5) is 19.7. The van der Waals surface area contributed by atoms with Crippen LogP contribution in [-0.2, 0) is 34.8 Å². The van der Waals surface area contributed by atoms with Gasteiger partial charge in [0, 0.05) is 37.1 Å². The molecule has 212 valence electrons. The summed E-state index contributed by atoms with van der Waals surface area (Å²) in [6.07, 6.45) is 6.25. The van der Waals surface area contributed by atoms with Gasteiger partial charge in [-0.3, -0.25) is 4.79 Å². The van der Waals surface area contributed by atoms with Gasteiger partial charge in [0.25, 0.3) is 0 Å². The Balaban J connectivity index is 1.32. The number of rotatable bonds is 8. The summed E-state index contributed by atoms with van der Waals surface area (Å²) in [5.74, 6) is -0.745. The lowest BCUT2D eigenvalue weighted by Crippen LogP contribution is -2.34.